The molecule has 0 aliphatic heterocycles. The quantitative estimate of drug-likeness (QED) is 0.282. The molecule has 0 aliphatic rings. The van der Waals surface area contributed by atoms with E-state index in [0.717, 1.165) is 15.1 Å². The van der Waals surface area contributed by atoms with Crippen LogP contribution in [-0.2, 0) is 0 Å². The second-order valence-corrected chi connectivity index (χ2v) is 12.4. The van der Waals surface area contributed by atoms with Crippen LogP contribution in [0.5, 0.6) is 11.5 Å². The number of ether oxygens (including phenoxy) is 1. The largest absolute Gasteiger partial charge is 0.478 e. The summed E-state index contributed by atoms with van der Waals surface area (Å²) in [7, 11) is 0. The molecule has 0 radical (unpaired) electrons. The van der Waals surface area contributed by atoms with Crippen LogP contribution < -0.4 is 47.1 Å². The summed E-state index contributed by atoms with van der Waals surface area (Å²) in [5, 5.41) is 9.14. The molecular formula is C25H18I2O3+2. The second kappa shape index (κ2) is 10.1. The Morgan fingerprint density at radius 1 is 0.600 bits per heavy atom. The summed E-state index contributed by atoms with van der Waals surface area (Å²) in [6.45, 7) is 0. The molecule has 4 aromatic rings. The van der Waals surface area contributed by atoms with E-state index in [1.165, 1.54) is 10.7 Å². The molecule has 0 spiro atoms. The molecule has 5 heteroatoms. The first kappa shape index (κ1) is 20.9. The van der Waals surface area contributed by atoms with Crippen LogP contribution in [0.4, 0.5) is 0 Å². The summed E-state index contributed by atoms with van der Waals surface area (Å²) in [6.07, 6.45) is 0. The number of halogens is 2. The van der Waals surface area contributed by atoms with Gasteiger partial charge in [0.05, 0.1) is 5.56 Å². The Bertz CT molecular complexity index is 1130. The molecule has 4 rings (SSSR count). The number of hydrogen-bond donors (Lipinski definition) is 1. The maximum absolute atomic E-state index is 11.1. The molecule has 4 aromatic carbocycles. The topological polar surface area (TPSA) is 46.5 Å². The first-order valence-electron chi connectivity index (χ1n) is 9.22. The molecule has 148 valence electrons. The minimum atomic E-state index is -0.887. The van der Waals surface area contributed by atoms with Gasteiger partial charge >= 0.3 is 48.4 Å². The standard InChI is InChI=1S/C25H17I2O3/c28-25(29)18-5-4-8-22(17-18)27-21-11-15-24(16-12-21)30-23-13-9-20(10-14-23)26-19-6-2-1-3-7-19/h1-17H/q+1/p+1. The van der Waals surface area contributed by atoms with Crippen LogP contribution in [-0.4, -0.2) is 11.1 Å². The number of carboxylic acid groups (broad SMARTS) is 1. The van der Waals surface area contributed by atoms with Crippen LogP contribution in [0.1, 0.15) is 10.4 Å². The van der Waals surface area contributed by atoms with E-state index in [4.69, 9.17) is 9.84 Å². The van der Waals surface area contributed by atoms with Gasteiger partial charge < -0.3 is 9.84 Å². The number of hydrogen-bond acceptors (Lipinski definition) is 2. The van der Waals surface area contributed by atoms with E-state index < -0.39 is 27.2 Å². The zero-order valence-electron chi connectivity index (χ0n) is 15.8. The molecule has 1 N–H and O–H groups in total. The highest BCUT2D eigenvalue weighted by Gasteiger charge is 2.18. The zero-order valence-corrected chi connectivity index (χ0v) is 20.1. The Labute approximate surface area is 196 Å². The average molecular weight is 620 g/mol. The Morgan fingerprint density at radius 2 is 1.10 bits per heavy atom. The van der Waals surface area contributed by atoms with E-state index in [1.807, 2.05) is 36.4 Å². The van der Waals surface area contributed by atoms with Crippen molar-refractivity contribution in [1.29, 1.82) is 0 Å². The van der Waals surface area contributed by atoms with Gasteiger partial charge in [0, 0.05) is 6.07 Å². The Morgan fingerprint density at radius 3 is 1.67 bits per heavy atom. The van der Waals surface area contributed by atoms with Crippen LogP contribution in [0.25, 0.3) is 0 Å². The highest BCUT2D eigenvalue weighted by Crippen LogP contribution is 2.19. The van der Waals surface area contributed by atoms with Gasteiger partial charge in [0.1, 0.15) is 11.5 Å². The van der Waals surface area contributed by atoms with Crippen molar-refractivity contribution in [2.45, 2.75) is 0 Å². The number of rotatable bonds is 7. The minimum Gasteiger partial charge on any atom is -0.478 e. The Hall–Kier alpha value is -2.39. The maximum atomic E-state index is 11.1. The molecule has 0 atom stereocenters. The first-order valence-corrected chi connectivity index (χ1v) is 13.5. The lowest BCUT2D eigenvalue weighted by Gasteiger charge is -2.04. The van der Waals surface area contributed by atoms with E-state index in [9.17, 15) is 4.79 Å². The molecule has 0 bridgehead atoms. The summed E-state index contributed by atoms with van der Waals surface area (Å²) >= 11 is -0.601. The van der Waals surface area contributed by atoms with Gasteiger partial charge in [-0.15, -0.1) is 0 Å². The van der Waals surface area contributed by atoms with Crippen molar-refractivity contribution >= 4 is 5.97 Å². The van der Waals surface area contributed by atoms with Crippen LogP contribution >= 0.6 is 0 Å². The van der Waals surface area contributed by atoms with Gasteiger partial charge in [-0.2, -0.15) is 0 Å². The Balaban J connectivity index is 1.37. The van der Waals surface area contributed by atoms with Crippen LogP contribution in [0.15, 0.2) is 103 Å². The summed E-state index contributed by atoms with van der Waals surface area (Å²) in [4.78, 5) is 11.1. The van der Waals surface area contributed by atoms with Crippen LogP contribution in [0.2, 0.25) is 0 Å². The third-order valence-electron chi connectivity index (χ3n) is 4.10. The van der Waals surface area contributed by atoms with Crippen LogP contribution in [0, 0.1) is 14.3 Å². The second-order valence-electron chi connectivity index (χ2n) is 6.31. The monoisotopic (exact) mass is 620 g/mol. The van der Waals surface area contributed by atoms with Gasteiger partial charge in [0.25, 0.3) is 0 Å². The van der Waals surface area contributed by atoms with Gasteiger partial charge in [-0.3, -0.25) is 0 Å². The summed E-state index contributed by atoms with van der Waals surface area (Å²) in [5.74, 6) is 0.737. The molecule has 0 aliphatic carbocycles. The van der Waals surface area contributed by atoms with E-state index in [-0.39, 0.29) is 21.2 Å². The predicted molar refractivity (Wildman–Crippen MR) is 108 cm³/mol. The predicted octanol–water partition coefficient (Wildman–Crippen LogP) is -0.566. The van der Waals surface area contributed by atoms with E-state index in [2.05, 4.69) is 48.5 Å². The van der Waals surface area contributed by atoms with Crippen molar-refractivity contribution in [2.24, 2.45) is 0 Å². The summed E-state index contributed by atoms with van der Waals surface area (Å²) in [6, 6.07) is 34.2. The Kier molecular flexibility index (Phi) is 7.01. The fourth-order valence-electron chi connectivity index (χ4n) is 2.68. The van der Waals surface area contributed by atoms with Gasteiger partial charge in [-0.25, -0.2) is 4.79 Å². The molecule has 3 nitrogen and oxygen atoms in total. The van der Waals surface area contributed by atoms with Gasteiger partial charge in [0.2, 0.25) is 0 Å². The highest BCUT2D eigenvalue weighted by atomic mass is 127. The number of carbonyl (C=O) groups is 1. The fourth-order valence-corrected chi connectivity index (χ4v) is 7.21. The van der Waals surface area contributed by atoms with Crippen molar-refractivity contribution in [3.8, 4) is 11.5 Å². The van der Waals surface area contributed by atoms with Gasteiger partial charge in [-0.1, -0.05) is 24.3 Å². The van der Waals surface area contributed by atoms with E-state index in [0.29, 0.717) is 5.56 Å². The first-order chi connectivity index (χ1) is 14.7. The highest BCUT2D eigenvalue weighted by molar-refractivity contribution is 5.87. The third kappa shape index (κ3) is 5.82. The number of aromatic carboxylic acids is 1. The summed E-state index contributed by atoms with van der Waals surface area (Å²) in [5.41, 5.74) is 0.338. The normalized spacial score (nSPS) is 10.5. The van der Waals surface area contributed by atoms with Crippen LogP contribution in [0.3, 0.4) is 0 Å². The summed E-state index contributed by atoms with van der Waals surface area (Å²) < 4.78 is 11.0. The lowest BCUT2D eigenvalue weighted by Crippen LogP contribution is -3.61. The lowest BCUT2D eigenvalue weighted by atomic mass is 10.2. The van der Waals surface area contributed by atoms with E-state index in [1.54, 1.807) is 18.2 Å². The SMILES string of the molecule is O=C(O)c1cccc([I+]c2ccc(Oc3ccc([I+]c4ccccc4)cc3)cc2)c1. The van der Waals surface area contributed by atoms with Crippen molar-refractivity contribution in [1.82, 2.24) is 0 Å². The smallest absolute Gasteiger partial charge is 0.357 e. The molecule has 0 aromatic heterocycles. The molecule has 0 unspecified atom stereocenters. The molecule has 0 fully saturated rings. The van der Waals surface area contributed by atoms with Crippen molar-refractivity contribution in [2.75, 3.05) is 0 Å². The average Bonchev–Trinajstić information content (AvgIpc) is 2.77. The fraction of sp³-hybridized carbons (Fsp3) is 0. The van der Waals surface area contributed by atoms with Gasteiger partial charge in [-0.05, 0) is 72.8 Å². The van der Waals surface area contributed by atoms with Crippen molar-refractivity contribution in [3.63, 3.8) is 0 Å². The third-order valence-corrected chi connectivity index (χ3v) is 9.42. The number of benzene rings is 4. The van der Waals surface area contributed by atoms with Crippen molar-refractivity contribution < 1.29 is 57.0 Å². The minimum absolute atomic E-state index is 0.169. The molecule has 0 amide bonds. The maximum Gasteiger partial charge on any atom is 0.357 e. The van der Waals surface area contributed by atoms with Crippen molar-refractivity contribution in [3.05, 3.63) is 123 Å². The molecular weight excluding hydrogens is 602 g/mol. The zero-order chi connectivity index (χ0) is 20.8. The molecule has 30 heavy (non-hydrogen) atoms. The molecule has 0 saturated carbocycles. The molecule has 0 saturated heterocycles. The van der Waals surface area contributed by atoms with E-state index >= 15 is 0 Å². The van der Waals surface area contributed by atoms with Gasteiger partial charge in [0.15, 0.2) is 14.3 Å². The number of carboxylic acids is 1. The molecule has 0 heterocycles. The lowest BCUT2D eigenvalue weighted by molar-refractivity contribution is -0.597.